The molecule has 0 fully saturated rings. The largest absolute Gasteiger partial charge is 0.497 e. The zero-order chi connectivity index (χ0) is 101. The van der Waals surface area contributed by atoms with Gasteiger partial charge in [-0.1, -0.05) is 48.5 Å². The summed E-state index contributed by atoms with van der Waals surface area (Å²) in [5.41, 5.74) is 45.3. The number of aromatic amines is 1. The Hall–Kier alpha value is -15.8. The van der Waals surface area contributed by atoms with E-state index >= 15 is 0 Å². The van der Waals surface area contributed by atoms with Crippen LogP contribution in [0.15, 0.2) is 242 Å². The van der Waals surface area contributed by atoms with Crippen LogP contribution in [0.4, 0.5) is 0 Å². The van der Waals surface area contributed by atoms with Crippen LogP contribution in [0.2, 0.25) is 0 Å². The molecule has 6 aliphatic rings. The van der Waals surface area contributed by atoms with Crippen LogP contribution in [0, 0.1) is 62.6 Å². The summed E-state index contributed by atoms with van der Waals surface area (Å²) in [5.74, 6) is 0.317. The molecule has 0 radical (unpaired) electrons. The fraction of sp³-hybridized carbons (Fsp3) is 0.248. The van der Waals surface area contributed by atoms with E-state index in [0.717, 1.165) is 101 Å². The van der Waals surface area contributed by atoms with Gasteiger partial charge in [0.2, 0.25) is 29.5 Å². The van der Waals surface area contributed by atoms with Crippen molar-refractivity contribution in [2.24, 2.45) is 70.3 Å². The minimum absolute atomic E-state index is 0.00248. The van der Waals surface area contributed by atoms with Crippen molar-refractivity contribution in [1.29, 1.82) is 26.3 Å². The van der Waals surface area contributed by atoms with E-state index in [0.29, 0.717) is 51.8 Å². The molecule has 140 heavy (non-hydrogen) atoms. The quantitative estimate of drug-likeness (QED) is 0.0531. The first-order valence-corrected chi connectivity index (χ1v) is 48.5. The number of nitrogens with zero attached hydrogens (tertiary/aromatic N) is 18. The molecular formula is C101H96BrN25O8S5. The van der Waals surface area contributed by atoms with E-state index in [1.165, 1.54) is 74.7 Å². The number of carbonyl (C=O) groups excluding carboxylic acids is 6. The number of nitrogens with two attached hydrogens (primary N) is 6. The van der Waals surface area contributed by atoms with Crippen LogP contribution in [-0.2, 0) is 62.9 Å². The van der Waals surface area contributed by atoms with Crippen molar-refractivity contribution in [3.8, 4) is 79.9 Å². The van der Waals surface area contributed by atoms with Crippen molar-refractivity contribution >= 4 is 166 Å². The van der Waals surface area contributed by atoms with Crippen LogP contribution in [0.25, 0.3) is 65.7 Å². The van der Waals surface area contributed by atoms with Gasteiger partial charge in [0, 0.05) is 103 Å². The van der Waals surface area contributed by atoms with E-state index < -0.39 is 45.6 Å². The number of methoxy groups -OCH3 is 1. The number of likely N-dealkylation sites (N-methyl/N-ethyl adjacent to an activating group) is 2. The highest BCUT2D eigenvalue weighted by Crippen LogP contribution is 2.50. The Kier molecular flexibility index (Phi) is 29.5. The summed E-state index contributed by atoms with van der Waals surface area (Å²) >= 11 is 10.9. The van der Waals surface area contributed by atoms with Gasteiger partial charge < -0.3 is 48.5 Å². The summed E-state index contributed by atoms with van der Waals surface area (Å²) < 4.78 is 11.8. The summed E-state index contributed by atoms with van der Waals surface area (Å²) in [6.07, 6.45) is 6.74. The van der Waals surface area contributed by atoms with E-state index in [1.54, 1.807) is 97.5 Å². The third-order valence-electron chi connectivity index (χ3n) is 25.1. The van der Waals surface area contributed by atoms with Crippen LogP contribution in [0.1, 0.15) is 125 Å². The van der Waals surface area contributed by atoms with Gasteiger partial charge >= 0.3 is 0 Å². The molecule has 13 aromatic rings. The number of thiophene rings is 5. The summed E-state index contributed by atoms with van der Waals surface area (Å²) in [7, 11) is 11.3. The molecule has 0 spiro atoms. The second-order valence-electron chi connectivity index (χ2n) is 34.6. The number of guanidine groups is 6. The summed E-state index contributed by atoms with van der Waals surface area (Å²) in [6.45, 7) is 9.49. The molecule has 0 bridgehead atoms. The first kappa shape index (κ1) is 100. The van der Waals surface area contributed by atoms with Crippen molar-refractivity contribution < 1.29 is 37.9 Å². The number of aliphatic imine (C=N–C) groups is 6. The Balaban J connectivity index is 0.000000136. The minimum atomic E-state index is -0.890. The van der Waals surface area contributed by atoms with Crippen molar-refractivity contribution in [1.82, 2.24) is 39.4 Å². The lowest BCUT2D eigenvalue weighted by Crippen LogP contribution is -2.53. The molecule has 6 aliphatic heterocycles. The van der Waals surface area contributed by atoms with Crippen molar-refractivity contribution in [3.63, 3.8) is 0 Å². The normalized spacial score (nSPS) is 21.5. The molecule has 5 aromatic carbocycles. The molecule has 39 heteroatoms. The molecule has 0 aliphatic carbocycles. The number of carbonyl (C=O) groups is 6. The molecule has 0 saturated heterocycles. The van der Waals surface area contributed by atoms with E-state index in [9.17, 15) is 44.6 Å². The summed E-state index contributed by atoms with van der Waals surface area (Å²) in [6, 6.07) is 61.6. The molecule has 33 nitrogen and oxygen atoms in total. The van der Waals surface area contributed by atoms with Crippen molar-refractivity contribution in [2.45, 2.75) is 106 Å². The number of pyridine rings is 1. The third kappa shape index (κ3) is 20.9. The fourth-order valence-corrected chi connectivity index (χ4v) is 21.8. The number of nitriles is 5. The smallest absolute Gasteiger partial charge is 0.254 e. The number of fused-ring (bicyclic) bond motifs is 2. The van der Waals surface area contributed by atoms with E-state index in [2.05, 4.69) is 81.2 Å². The Morgan fingerprint density at radius 1 is 0.493 bits per heavy atom. The molecule has 19 rings (SSSR count). The van der Waals surface area contributed by atoms with Crippen LogP contribution >= 0.6 is 72.6 Å². The summed E-state index contributed by atoms with van der Waals surface area (Å²) in [5, 5.41) is 55.7. The van der Waals surface area contributed by atoms with Gasteiger partial charge in [-0.2, -0.15) is 26.3 Å². The highest BCUT2D eigenvalue weighted by atomic mass is 79.9. The number of hydrogen-bond acceptors (Lipinski definition) is 31. The first-order chi connectivity index (χ1) is 66.7. The lowest BCUT2D eigenvalue weighted by molar-refractivity contribution is -0.134. The van der Waals surface area contributed by atoms with Gasteiger partial charge in [0.1, 0.15) is 50.5 Å². The first-order valence-electron chi connectivity index (χ1n) is 43.4. The molecule has 8 aromatic heterocycles. The van der Waals surface area contributed by atoms with E-state index in [4.69, 9.17) is 59.1 Å². The zero-order valence-electron chi connectivity index (χ0n) is 78.1. The fourth-order valence-electron chi connectivity index (χ4n) is 16.6. The number of nitrogens with one attached hydrogen (secondary N) is 1. The predicted octanol–water partition coefficient (Wildman–Crippen LogP) is 15.2. The Labute approximate surface area is 835 Å². The van der Waals surface area contributed by atoms with Crippen LogP contribution in [-0.4, -0.2) is 166 Å². The second kappa shape index (κ2) is 41.2. The van der Waals surface area contributed by atoms with Crippen molar-refractivity contribution in [2.75, 3.05) is 49.4 Å². The number of aromatic nitrogens is 2. The number of halogens is 1. The molecule has 8 atom stereocenters. The Bertz CT molecular complexity index is 7490. The highest BCUT2D eigenvalue weighted by Gasteiger charge is 2.50. The van der Waals surface area contributed by atoms with Gasteiger partial charge in [-0.05, 0) is 243 Å². The molecule has 1 unspecified atom stereocenters. The molecule has 0 saturated carbocycles. The standard InChI is InChI=1S/C25H20N4O2S.C19H17N5OS.C18H18N4O2S.C16H15N5OS.C13H14N4O.C10H12BrN3OS/c1-25(21-12-19(14-32-21)16-5-3-4-15(10-16)13-26)22(23(30)29(2)24(27)28-25)18-6-7-20-17(11-18)8-9-31-20;1-19(15(6-7-20)17(25)24(2)18(22)23-19)16-9-14(11-26-16)13-5-3-4-12(8-13)10-21;1-18(8-16(23)22(2)17(20)21-18)15-7-13(10-25-15)12-4-11(9-19)5-14(6-12)24-3;1-16(8-14(22)21(2)15(18)20-16)13-7-10(5-6-19-13)12-4-3-11(9-17)23-12;1-17-12(18)11(16-13(17)14)6-8-7-15-10-5-3-2-4-9(8)10;1-10(6-3-7(11)16-5-6)4-8(15)14(2)9(12)13-10/h3-12,14,22H,1-2H3,(H2,27,28);3-5,8-9,11,15H,6H2,1-2H3,(H2,22,23);4-7,10H,8H2,1-3H3,(H2,20,21);3-7H,8H2,1-2H3,(H2,18,20);2-5,7,11,15H,6H2,1H3,(H2,14,16);3,5H,4H2,1-2H3,(H2,12,13)/t22-,25-;15?,19-;18-;16-;11-;10-/m100010/s1. The number of benzene rings is 5. The average molecular weight is 2030 g/mol. The van der Waals surface area contributed by atoms with Crippen LogP contribution < -0.4 is 39.1 Å². The number of hydrogen-bond donors (Lipinski definition) is 7. The predicted molar refractivity (Wildman–Crippen MR) is 550 cm³/mol. The minimum Gasteiger partial charge on any atom is -0.497 e. The molecular weight excluding hydrogens is 1930 g/mol. The van der Waals surface area contributed by atoms with E-state index in [-0.39, 0.29) is 84.5 Å². The number of rotatable bonds is 14. The topological polar surface area (TPSA) is 522 Å². The maximum absolute atomic E-state index is 13.5. The number of ether oxygens (including phenoxy) is 1. The third-order valence-corrected chi connectivity index (χ3v) is 31.1. The highest BCUT2D eigenvalue weighted by molar-refractivity contribution is 9.11. The van der Waals surface area contributed by atoms with Gasteiger partial charge in [0.05, 0.1) is 100 Å². The monoisotopic (exact) mass is 2030 g/mol. The maximum Gasteiger partial charge on any atom is 0.254 e. The number of furan rings is 1. The Morgan fingerprint density at radius 3 is 1.61 bits per heavy atom. The van der Waals surface area contributed by atoms with Gasteiger partial charge in [-0.15, -0.1) is 56.7 Å². The van der Waals surface area contributed by atoms with Gasteiger partial charge in [0.15, 0.2) is 35.8 Å². The molecule has 710 valence electrons. The summed E-state index contributed by atoms with van der Waals surface area (Å²) in [4.78, 5) is 121. The number of H-pyrrole nitrogens is 1. The zero-order valence-corrected chi connectivity index (χ0v) is 83.8. The van der Waals surface area contributed by atoms with Crippen molar-refractivity contribution in [3.05, 3.63) is 266 Å². The van der Waals surface area contributed by atoms with Crippen LogP contribution in [0.5, 0.6) is 5.75 Å². The lowest BCUT2D eigenvalue weighted by atomic mass is 9.77. The number of amides is 6. The Morgan fingerprint density at radius 2 is 1.04 bits per heavy atom. The maximum atomic E-state index is 13.5. The molecule has 14 heterocycles. The van der Waals surface area contributed by atoms with Gasteiger partial charge in [-0.25, -0.2) is 30.0 Å². The molecule has 6 amide bonds. The van der Waals surface area contributed by atoms with E-state index in [1.807, 2.05) is 202 Å². The lowest BCUT2D eigenvalue weighted by Gasteiger charge is -2.40. The number of para-hydroxylation sites is 1. The SMILES string of the molecule is CN1C(=O)C(CC#N)[C@@](C)(c2cc(-c3cccc(C#N)c3)cs2)N=C1N.CN1C(=O)C[C@@](C)(c2cc(-c3ccc(C#N)s3)ccn2)N=C1N.CN1C(=O)C[C@@](C)(c2csc(Br)c2)N=C1N.CN1C(=O)[C@@H](Cc2c[nH]c3ccccc23)N=C1N.CN1C(=O)[C@@H](c2ccc3occc3c2)[C@@](C)(c2cc(-c3cccc(C#N)c3)cs2)N=C1N.COc1cc(C#N)cc(-c2csc([C@]3(C)CC(=O)N(C)C(N)=N3)c2)c1. The average Bonchev–Trinajstić information content (AvgIpc) is 1.06. The van der Waals surface area contributed by atoms with Gasteiger partial charge in [0.25, 0.3) is 5.91 Å². The van der Waals surface area contributed by atoms with Crippen LogP contribution in [0.3, 0.4) is 0 Å². The van der Waals surface area contributed by atoms with Gasteiger partial charge in [-0.3, -0.25) is 63.2 Å². The molecule has 13 N–H and O–H groups in total. The second-order valence-corrected chi connectivity index (χ2v) is 40.7.